The predicted octanol–water partition coefficient (Wildman–Crippen LogP) is 2.21. The molecule has 0 heterocycles. The summed E-state index contributed by atoms with van der Waals surface area (Å²) in [7, 11) is 4.01. The molecule has 1 amide bonds. The number of hydrogen-bond donors (Lipinski definition) is 1. The van der Waals surface area contributed by atoms with Crippen molar-refractivity contribution in [2.24, 2.45) is 11.8 Å². The maximum atomic E-state index is 11.9. The highest BCUT2D eigenvalue weighted by Crippen LogP contribution is 2.44. The molecule has 2 fully saturated rings. The second-order valence-electron chi connectivity index (χ2n) is 5.87. The number of alkyl halides is 1. The summed E-state index contributed by atoms with van der Waals surface area (Å²) >= 11 is 2.57. The monoisotopic (exact) mass is 362 g/mol. The number of carbonyl (C=O) groups is 1. The fourth-order valence-corrected chi connectivity index (χ4v) is 4.58. The average molecular weight is 362 g/mol. The van der Waals surface area contributed by atoms with E-state index in [1.807, 2.05) is 20.2 Å². The van der Waals surface area contributed by atoms with Crippen LogP contribution in [0.4, 0.5) is 0 Å². The van der Waals surface area contributed by atoms with E-state index < -0.39 is 0 Å². The molecule has 2 aliphatic rings. The molecule has 102 valence electrons. The maximum absolute atomic E-state index is 11.9. The van der Waals surface area contributed by atoms with Crippen molar-refractivity contribution in [1.29, 1.82) is 0 Å². The number of nitrogens with zero attached hydrogens (tertiary/aromatic N) is 1. The number of halogens is 1. The third-order valence-corrected chi connectivity index (χ3v) is 5.11. The molecule has 0 aliphatic heterocycles. The minimum Gasteiger partial charge on any atom is -0.349 e. The molecule has 2 aliphatic carbocycles. The fraction of sp³-hybridized carbons (Fsp3) is 0.786. The van der Waals surface area contributed by atoms with Crippen LogP contribution in [0.2, 0.25) is 0 Å². The molecule has 3 nitrogen and oxygen atoms in total. The summed E-state index contributed by atoms with van der Waals surface area (Å²) in [5, 5.41) is 3.23. The van der Waals surface area contributed by atoms with E-state index in [2.05, 4.69) is 32.8 Å². The number of fused-ring (bicyclic) bond motifs is 2. The Hall–Kier alpha value is -0.100. The van der Waals surface area contributed by atoms with Crippen molar-refractivity contribution in [3.8, 4) is 0 Å². The van der Waals surface area contributed by atoms with E-state index in [1.165, 1.54) is 25.7 Å². The molecule has 0 aromatic heterocycles. The van der Waals surface area contributed by atoms with Gasteiger partial charge in [0.05, 0.1) is 0 Å². The molecule has 0 radical (unpaired) electrons. The van der Waals surface area contributed by atoms with E-state index in [1.54, 1.807) is 6.08 Å². The van der Waals surface area contributed by atoms with Gasteiger partial charge in [0.2, 0.25) is 5.91 Å². The van der Waals surface area contributed by atoms with Crippen LogP contribution in [0.1, 0.15) is 25.7 Å². The number of likely N-dealkylation sites (N-methyl/N-ethyl adjacent to an activating group) is 1. The molecule has 0 aromatic rings. The Morgan fingerprint density at radius 3 is 2.50 bits per heavy atom. The lowest BCUT2D eigenvalue weighted by molar-refractivity contribution is -0.117. The van der Waals surface area contributed by atoms with Crippen molar-refractivity contribution < 1.29 is 4.79 Å². The van der Waals surface area contributed by atoms with Crippen molar-refractivity contribution >= 4 is 28.5 Å². The molecule has 2 rings (SSSR count). The number of nitrogens with one attached hydrogen (secondary N) is 1. The molecule has 18 heavy (non-hydrogen) atoms. The number of carbonyl (C=O) groups excluding carboxylic acids is 1. The highest BCUT2D eigenvalue weighted by Gasteiger charge is 2.42. The first kappa shape index (κ1) is 14.3. The zero-order chi connectivity index (χ0) is 13.1. The Kier molecular flexibility index (Phi) is 5.06. The molecule has 2 saturated carbocycles. The summed E-state index contributed by atoms with van der Waals surface area (Å²) < 4.78 is 0.817. The third-order valence-electron chi connectivity index (χ3n) is 4.09. The van der Waals surface area contributed by atoms with E-state index >= 15 is 0 Å². The van der Waals surface area contributed by atoms with Gasteiger partial charge in [-0.1, -0.05) is 28.7 Å². The van der Waals surface area contributed by atoms with Crippen LogP contribution in [0.5, 0.6) is 0 Å². The van der Waals surface area contributed by atoms with Crippen LogP contribution in [0, 0.1) is 11.8 Å². The standard InChI is InChI=1S/C14H23IN2O/c1-17(2)7-3-4-13(18)16-14-10-5-6-11(14)9-12(15)8-10/h3-4,10-12,14H,5-9H2,1-2H3,(H,16,18)/b4-3+. The Balaban J connectivity index is 1.83. The predicted molar refractivity (Wildman–Crippen MR) is 82.9 cm³/mol. The summed E-state index contributed by atoms with van der Waals surface area (Å²) in [6.07, 6.45) is 8.79. The summed E-state index contributed by atoms with van der Waals surface area (Å²) in [5.41, 5.74) is 0. The van der Waals surface area contributed by atoms with Crippen LogP contribution in [-0.4, -0.2) is 41.4 Å². The Labute approximate surface area is 124 Å². The van der Waals surface area contributed by atoms with Gasteiger partial charge < -0.3 is 10.2 Å². The molecular weight excluding hydrogens is 339 g/mol. The van der Waals surface area contributed by atoms with Crippen LogP contribution in [-0.2, 0) is 4.79 Å². The van der Waals surface area contributed by atoms with E-state index in [4.69, 9.17) is 0 Å². The molecule has 1 N–H and O–H groups in total. The Morgan fingerprint density at radius 1 is 1.33 bits per heavy atom. The quantitative estimate of drug-likeness (QED) is 0.473. The largest absolute Gasteiger partial charge is 0.349 e. The molecule has 4 heteroatoms. The van der Waals surface area contributed by atoms with Crippen LogP contribution in [0.25, 0.3) is 0 Å². The van der Waals surface area contributed by atoms with Gasteiger partial charge in [-0.15, -0.1) is 0 Å². The zero-order valence-electron chi connectivity index (χ0n) is 11.2. The molecule has 2 unspecified atom stereocenters. The van der Waals surface area contributed by atoms with E-state index in [0.29, 0.717) is 6.04 Å². The van der Waals surface area contributed by atoms with Crippen LogP contribution in [0.3, 0.4) is 0 Å². The lowest BCUT2D eigenvalue weighted by Gasteiger charge is -2.33. The average Bonchev–Trinajstić information content (AvgIpc) is 2.53. The minimum atomic E-state index is 0.0886. The summed E-state index contributed by atoms with van der Waals surface area (Å²) in [6, 6.07) is 0.438. The molecule has 2 atom stereocenters. The molecule has 2 bridgehead atoms. The number of rotatable bonds is 4. The second kappa shape index (κ2) is 6.37. The summed E-state index contributed by atoms with van der Waals surface area (Å²) in [5.74, 6) is 1.53. The van der Waals surface area contributed by atoms with Crippen molar-refractivity contribution in [2.45, 2.75) is 35.6 Å². The molecule has 0 spiro atoms. The normalized spacial score (nSPS) is 35.3. The lowest BCUT2D eigenvalue weighted by atomic mass is 9.84. The fourth-order valence-electron chi connectivity index (χ4n) is 3.27. The molecule has 0 saturated heterocycles. The van der Waals surface area contributed by atoms with Gasteiger partial charge in [-0.05, 0) is 51.6 Å². The highest BCUT2D eigenvalue weighted by molar-refractivity contribution is 14.1. The van der Waals surface area contributed by atoms with Gasteiger partial charge in [-0.25, -0.2) is 0 Å². The van der Waals surface area contributed by atoms with Crippen molar-refractivity contribution in [2.75, 3.05) is 20.6 Å². The molecular formula is C14H23IN2O. The first-order valence-corrected chi connectivity index (χ1v) is 8.06. The SMILES string of the molecule is CN(C)C/C=C/C(=O)NC1C2CCC1CC(I)C2. The van der Waals surface area contributed by atoms with Gasteiger partial charge in [-0.2, -0.15) is 0 Å². The van der Waals surface area contributed by atoms with Gasteiger partial charge in [0.25, 0.3) is 0 Å². The topological polar surface area (TPSA) is 32.3 Å². The van der Waals surface area contributed by atoms with Gasteiger partial charge in [0.15, 0.2) is 0 Å². The van der Waals surface area contributed by atoms with E-state index in [9.17, 15) is 4.79 Å². The zero-order valence-corrected chi connectivity index (χ0v) is 13.4. The van der Waals surface area contributed by atoms with Crippen molar-refractivity contribution in [3.05, 3.63) is 12.2 Å². The smallest absolute Gasteiger partial charge is 0.243 e. The minimum absolute atomic E-state index is 0.0886. The first-order valence-electron chi connectivity index (χ1n) is 6.82. The van der Waals surface area contributed by atoms with Crippen LogP contribution >= 0.6 is 22.6 Å². The lowest BCUT2D eigenvalue weighted by Crippen LogP contribution is -2.44. The molecule has 0 aromatic carbocycles. The summed E-state index contributed by atoms with van der Waals surface area (Å²) in [6.45, 7) is 0.820. The Morgan fingerprint density at radius 2 is 1.94 bits per heavy atom. The number of hydrogen-bond acceptors (Lipinski definition) is 2. The second-order valence-corrected chi connectivity index (χ2v) is 7.63. The maximum Gasteiger partial charge on any atom is 0.243 e. The van der Waals surface area contributed by atoms with Crippen molar-refractivity contribution in [3.63, 3.8) is 0 Å². The van der Waals surface area contributed by atoms with Crippen LogP contribution < -0.4 is 5.32 Å². The third kappa shape index (κ3) is 3.70. The Bertz CT molecular complexity index is 316. The van der Waals surface area contributed by atoms with Crippen molar-refractivity contribution in [1.82, 2.24) is 10.2 Å². The van der Waals surface area contributed by atoms with E-state index in [0.717, 1.165) is 22.3 Å². The van der Waals surface area contributed by atoms with Gasteiger partial charge in [0.1, 0.15) is 0 Å². The van der Waals surface area contributed by atoms with Crippen LogP contribution in [0.15, 0.2) is 12.2 Å². The van der Waals surface area contributed by atoms with Gasteiger partial charge in [-0.3, -0.25) is 4.79 Å². The highest BCUT2D eigenvalue weighted by atomic mass is 127. The number of amides is 1. The van der Waals surface area contributed by atoms with E-state index in [-0.39, 0.29) is 5.91 Å². The summed E-state index contributed by atoms with van der Waals surface area (Å²) in [4.78, 5) is 13.9. The first-order chi connectivity index (χ1) is 8.56. The van der Waals surface area contributed by atoms with Gasteiger partial charge in [0, 0.05) is 22.6 Å². The van der Waals surface area contributed by atoms with Gasteiger partial charge >= 0.3 is 0 Å².